The first-order valence-electron chi connectivity index (χ1n) is 7.74. The zero-order valence-electron chi connectivity index (χ0n) is 13.7. The van der Waals surface area contributed by atoms with Gasteiger partial charge in [0.2, 0.25) is 5.82 Å². The molecule has 0 saturated carbocycles. The maximum Gasteiger partial charge on any atom is 0.280 e. The van der Waals surface area contributed by atoms with Crippen LogP contribution in [-0.4, -0.2) is 34.3 Å². The van der Waals surface area contributed by atoms with Gasteiger partial charge in [-0.25, -0.2) is 28.2 Å². The molecule has 0 radical (unpaired) electrons. The van der Waals surface area contributed by atoms with Crippen molar-refractivity contribution in [3.05, 3.63) is 35.9 Å². The molecule has 0 unspecified atom stereocenters. The van der Waals surface area contributed by atoms with Crippen LogP contribution in [0, 0.1) is 6.92 Å². The molecular formula is C16H11F2N7S. The Hall–Kier alpha value is -3.01. The van der Waals surface area contributed by atoms with E-state index in [1.807, 2.05) is 13.1 Å². The van der Waals surface area contributed by atoms with Crippen LogP contribution >= 0.6 is 11.3 Å². The highest BCUT2D eigenvalue weighted by atomic mass is 32.1. The molecule has 5 aromatic heterocycles. The number of rotatable bonds is 2. The van der Waals surface area contributed by atoms with Gasteiger partial charge in [0.05, 0.1) is 5.52 Å². The van der Waals surface area contributed by atoms with E-state index < -0.39 is 6.43 Å². The summed E-state index contributed by atoms with van der Waals surface area (Å²) in [6, 6.07) is 3.24. The third-order valence-corrected chi connectivity index (χ3v) is 5.33. The molecule has 26 heavy (non-hydrogen) atoms. The van der Waals surface area contributed by atoms with Gasteiger partial charge in [0, 0.05) is 18.6 Å². The molecule has 130 valence electrons. The normalized spacial score (nSPS) is 12.2. The number of thiophene rings is 1. The van der Waals surface area contributed by atoms with Crippen LogP contribution in [0.4, 0.5) is 8.78 Å². The van der Waals surface area contributed by atoms with Crippen LogP contribution in [0.25, 0.3) is 37.6 Å². The minimum atomic E-state index is -2.61. The quantitative estimate of drug-likeness (QED) is 0.475. The maximum atomic E-state index is 13.1. The summed E-state index contributed by atoms with van der Waals surface area (Å²) in [5, 5.41) is 9.36. The lowest BCUT2D eigenvalue weighted by atomic mass is 10.1. The Morgan fingerprint density at radius 1 is 1.23 bits per heavy atom. The number of hydrogen-bond acceptors (Lipinski definition) is 6. The third kappa shape index (κ3) is 2.05. The summed E-state index contributed by atoms with van der Waals surface area (Å²) in [4.78, 5) is 13.7. The predicted molar refractivity (Wildman–Crippen MR) is 93.4 cm³/mol. The molecule has 0 aliphatic heterocycles. The van der Waals surface area contributed by atoms with Gasteiger partial charge >= 0.3 is 0 Å². The Bertz CT molecular complexity index is 1300. The summed E-state index contributed by atoms with van der Waals surface area (Å²) in [6.07, 6.45) is 0.644. The van der Waals surface area contributed by atoms with Gasteiger partial charge in [-0.05, 0) is 24.6 Å². The largest absolute Gasteiger partial charge is 0.280 e. The Kier molecular flexibility index (Phi) is 3.08. The van der Waals surface area contributed by atoms with Crippen molar-refractivity contribution in [3.63, 3.8) is 0 Å². The molecule has 0 saturated heterocycles. The van der Waals surface area contributed by atoms with Crippen LogP contribution in [0.2, 0.25) is 0 Å². The lowest BCUT2D eigenvalue weighted by Gasteiger charge is -2.01. The van der Waals surface area contributed by atoms with Gasteiger partial charge in [-0.2, -0.15) is 5.10 Å². The van der Waals surface area contributed by atoms with Gasteiger partial charge in [0.25, 0.3) is 6.43 Å². The monoisotopic (exact) mass is 371 g/mol. The minimum Gasteiger partial charge on any atom is -0.265 e. The molecule has 0 fully saturated rings. The summed E-state index contributed by atoms with van der Waals surface area (Å²) in [5.41, 5.74) is 2.59. The Morgan fingerprint density at radius 2 is 2.08 bits per heavy atom. The van der Waals surface area contributed by atoms with E-state index in [4.69, 9.17) is 0 Å². The maximum absolute atomic E-state index is 13.1. The number of halogens is 2. The van der Waals surface area contributed by atoms with Crippen LogP contribution in [0.15, 0.2) is 24.7 Å². The molecule has 0 aromatic carbocycles. The smallest absolute Gasteiger partial charge is 0.265 e. The molecule has 0 aliphatic carbocycles. The van der Waals surface area contributed by atoms with Crippen LogP contribution in [0.5, 0.6) is 0 Å². The van der Waals surface area contributed by atoms with E-state index in [1.54, 1.807) is 28.6 Å². The molecule has 10 heteroatoms. The fraction of sp³-hybridized carbons (Fsp3) is 0.188. The molecule has 0 N–H and O–H groups in total. The van der Waals surface area contributed by atoms with Crippen molar-refractivity contribution >= 4 is 37.4 Å². The van der Waals surface area contributed by atoms with Crippen LogP contribution in [0.3, 0.4) is 0 Å². The van der Waals surface area contributed by atoms with Crippen molar-refractivity contribution in [2.45, 2.75) is 13.3 Å². The second-order valence-electron chi connectivity index (χ2n) is 5.91. The molecule has 0 aliphatic rings. The second-order valence-corrected chi connectivity index (χ2v) is 6.91. The molecule has 0 amide bonds. The van der Waals surface area contributed by atoms with Gasteiger partial charge in [0.15, 0.2) is 5.65 Å². The molecule has 0 atom stereocenters. The highest BCUT2D eigenvalue weighted by Gasteiger charge is 2.19. The van der Waals surface area contributed by atoms with E-state index in [0.717, 1.165) is 21.3 Å². The van der Waals surface area contributed by atoms with Crippen LogP contribution in [-0.2, 0) is 7.05 Å². The molecule has 5 heterocycles. The summed E-state index contributed by atoms with van der Waals surface area (Å²) in [6.45, 7) is 1.79. The van der Waals surface area contributed by atoms with Gasteiger partial charge in [-0.1, -0.05) is 0 Å². The van der Waals surface area contributed by atoms with Crippen LogP contribution < -0.4 is 0 Å². The Labute approximate surface area is 148 Å². The van der Waals surface area contributed by atoms with Gasteiger partial charge < -0.3 is 0 Å². The predicted octanol–water partition coefficient (Wildman–Crippen LogP) is 3.53. The van der Waals surface area contributed by atoms with Crippen molar-refractivity contribution < 1.29 is 8.78 Å². The molecule has 7 nitrogen and oxygen atoms in total. The number of aryl methyl sites for hydroxylation is 2. The fourth-order valence-corrected chi connectivity index (χ4v) is 4.23. The topological polar surface area (TPSA) is 73.8 Å². The van der Waals surface area contributed by atoms with Crippen molar-refractivity contribution in [2.24, 2.45) is 7.05 Å². The number of hydrogen-bond donors (Lipinski definition) is 0. The summed E-state index contributed by atoms with van der Waals surface area (Å²) in [7, 11) is 1.81. The van der Waals surface area contributed by atoms with Gasteiger partial charge in [0.1, 0.15) is 27.2 Å². The van der Waals surface area contributed by atoms with Gasteiger partial charge in [-0.15, -0.1) is 16.4 Å². The molecule has 5 rings (SSSR count). The highest BCUT2D eigenvalue weighted by molar-refractivity contribution is 7.26. The second kappa shape index (κ2) is 5.24. The van der Waals surface area contributed by atoms with E-state index in [1.165, 1.54) is 17.4 Å². The average Bonchev–Trinajstić information content (AvgIpc) is 3.28. The number of alkyl halides is 2. The van der Waals surface area contributed by atoms with Crippen molar-refractivity contribution in [3.8, 4) is 11.5 Å². The minimum absolute atomic E-state index is 0.227. The SMILES string of the molecule is Cc1cc(C(F)F)nc2sc3c(ncn4nc(-c5ccnn5C)nc34)c12. The van der Waals surface area contributed by atoms with E-state index in [9.17, 15) is 8.78 Å². The van der Waals surface area contributed by atoms with E-state index in [2.05, 4.69) is 25.1 Å². The first kappa shape index (κ1) is 15.3. The average molecular weight is 371 g/mol. The first-order chi connectivity index (χ1) is 12.5. The van der Waals surface area contributed by atoms with Gasteiger partial charge in [-0.3, -0.25) is 4.68 Å². The Balaban J connectivity index is 1.83. The van der Waals surface area contributed by atoms with Crippen molar-refractivity contribution in [1.82, 2.24) is 34.3 Å². The molecule has 0 spiro atoms. The number of nitrogens with zero attached hydrogens (tertiary/aromatic N) is 7. The summed E-state index contributed by atoms with van der Waals surface area (Å²) < 4.78 is 30.2. The third-order valence-electron chi connectivity index (χ3n) is 4.26. The zero-order valence-corrected chi connectivity index (χ0v) is 14.5. The fourth-order valence-electron chi connectivity index (χ4n) is 3.05. The number of pyridine rings is 1. The lowest BCUT2D eigenvalue weighted by Crippen LogP contribution is -1.95. The Morgan fingerprint density at radius 3 is 2.81 bits per heavy atom. The first-order valence-corrected chi connectivity index (χ1v) is 8.56. The van der Waals surface area contributed by atoms with Crippen LogP contribution in [0.1, 0.15) is 17.7 Å². The number of aromatic nitrogens is 7. The summed E-state index contributed by atoms with van der Waals surface area (Å²) in [5.74, 6) is 0.523. The van der Waals surface area contributed by atoms with E-state index >= 15 is 0 Å². The highest BCUT2D eigenvalue weighted by Crippen LogP contribution is 2.37. The van der Waals surface area contributed by atoms with Crippen molar-refractivity contribution in [1.29, 1.82) is 0 Å². The molecular weight excluding hydrogens is 360 g/mol. The summed E-state index contributed by atoms with van der Waals surface area (Å²) >= 11 is 1.30. The zero-order chi connectivity index (χ0) is 18.0. The number of fused-ring (bicyclic) bond motifs is 5. The molecule has 0 bridgehead atoms. The standard InChI is InChI=1S/C16H11F2N7S/c1-7-5-8(13(17)18)21-16-10(7)11-12(26-16)15-22-14(23-25(15)6-19-11)9-3-4-20-24(9)2/h3-6,13H,1-2H3. The van der Waals surface area contributed by atoms with E-state index in [-0.39, 0.29) is 5.69 Å². The molecule has 5 aromatic rings. The van der Waals surface area contributed by atoms with E-state index in [0.29, 0.717) is 21.8 Å². The lowest BCUT2D eigenvalue weighted by molar-refractivity contribution is 0.146. The van der Waals surface area contributed by atoms with Crippen molar-refractivity contribution in [2.75, 3.05) is 0 Å².